The molecule has 1 aliphatic heterocycles. The number of fused-ring (bicyclic) bond motifs is 1. The van der Waals surface area contributed by atoms with Crippen LogP contribution in [0.15, 0.2) is 16.7 Å². The number of hydrogen-bond acceptors (Lipinski definition) is 4. The summed E-state index contributed by atoms with van der Waals surface area (Å²) in [6.07, 6.45) is 4.15. The lowest BCUT2D eigenvalue weighted by molar-refractivity contribution is 0.110. The van der Waals surface area contributed by atoms with E-state index < -0.39 is 0 Å². The van der Waals surface area contributed by atoms with Gasteiger partial charge in [-0.1, -0.05) is 13.3 Å². The van der Waals surface area contributed by atoms with Crippen molar-refractivity contribution < 1.29 is 0 Å². The third-order valence-electron chi connectivity index (χ3n) is 4.78. The Kier molecular flexibility index (Phi) is 5.57. The summed E-state index contributed by atoms with van der Waals surface area (Å²) in [4.78, 5) is 12.2. The molecule has 1 fully saturated rings. The van der Waals surface area contributed by atoms with E-state index in [1.807, 2.05) is 6.20 Å². The van der Waals surface area contributed by atoms with E-state index in [-0.39, 0.29) is 0 Å². The summed E-state index contributed by atoms with van der Waals surface area (Å²) in [5, 5.41) is 3.63. The molecule has 0 saturated carbocycles. The van der Waals surface area contributed by atoms with Gasteiger partial charge in [-0.2, -0.15) is 0 Å². The molecule has 1 saturated heterocycles. The average Bonchev–Trinajstić information content (AvgIpc) is 2.88. The van der Waals surface area contributed by atoms with E-state index in [9.17, 15) is 0 Å². The largest absolute Gasteiger partial charge is 0.312 e. The van der Waals surface area contributed by atoms with Crippen molar-refractivity contribution in [3.05, 3.63) is 22.6 Å². The molecule has 0 spiro atoms. The number of aromatic nitrogens is 3. The Balaban J connectivity index is 2.03. The molecule has 0 radical (unpaired) electrons. The molecule has 1 aliphatic rings. The number of aryl methyl sites for hydroxylation is 1. The highest BCUT2D eigenvalue weighted by Crippen LogP contribution is 2.30. The van der Waals surface area contributed by atoms with Crippen molar-refractivity contribution in [2.75, 3.05) is 13.1 Å². The predicted molar refractivity (Wildman–Crippen MR) is 102 cm³/mol. The van der Waals surface area contributed by atoms with Gasteiger partial charge in [0.2, 0.25) is 0 Å². The van der Waals surface area contributed by atoms with Crippen LogP contribution in [-0.4, -0.2) is 44.6 Å². The van der Waals surface area contributed by atoms with Gasteiger partial charge in [0.15, 0.2) is 5.65 Å². The first-order valence-corrected chi connectivity index (χ1v) is 9.84. The van der Waals surface area contributed by atoms with Crippen LogP contribution in [0.2, 0.25) is 0 Å². The van der Waals surface area contributed by atoms with Gasteiger partial charge in [0.05, 0.1) is 6.04 Å². The molecule has 5 nitrogen and oxygen atoms in total. The van der Waals surface area contributed by atoms with Crippen LogP contribution in [-0.2, 0) is 6.54 Å². The number of nitrogens with one attached hydrogen (secondary N) is 1. The van der Waals surface area contributed by atoms with Crippen LogP contribution in [0.3, 0.4) is 0 Å². The number of halogens is 1. The van der Waals surface area contributed by atoms with Gasteiger partial charge in [0.25, 0.3) is 0 Å². The molecule has 6 heteroatoms. The standard InChI is InChI=1S/C18H28BrN5/c1-5-7-16(23-10-12(3)21-13(4)11-23)18-22-15-8-14(19)9-20-17(15)24(18)6-2/h8-9,12-13,16,21H,5-7,10-11H2,1-4H3. The van der Waals surface area contributed by atoms with Gasteiger partial charge in [-0.05, 0) is 49.2 Å². The highest BCUT2D eigenvalue weighted by molar-refractivity contribution is 9.10. The van der Waals surface area contributed by atoms with E-state index in [4.69, 9.17) is 4.98 Å². The summed E-state index contributed by atoms with van der Waals surface area (Å²) in [6, 6.07) is 3.46. The lowest BCUT2D eigenvalue weighted by Gasteiger charge is -2.40. The number of pyridine rings is 1. The summed E-state index contributed by atoms with van der Waals surface area (Å²) in [5.74, 6) is 1.17. The Morgan fingerprint density at radius 3 is 2.62 bits per heavy atom. The number of imidazole rings is 1. The highest BCUT2D eigenvalue weighted by atomic mass is 79.9. The molecule has 1 N–H and O–H groups in total. The molecule has 132 valence electrons. The van der Waals surface area contributed by atoms with E-state index in [0.717, 1.165) is 48.1 Å². The second-order valence-corrected chi connectivity index (χ2v) is 7.85. The van der Waals surface area contributed by atoms with E-state index in [0.29, 0.717) is 18.1 Å². The molecular weight excluding hydrogens is 366 g/mol. The Hall–Kier alpha value is -0.980. The zero-order chi connectivity index (χ0) is 17.3. The summed E-state index contributed by atoms with van der Waals surface area (Å²) < 4.78 is 3.28. The molecule has 3 heterocycles. The lowest BCUT2D eigenvalue weighted by atomic mass is 10.0. The quantitative estimate of drug-likeness (QED) is 0.840. The van der Waals surface area contributed by atoms with Crippen LogP contribution in [0.1, 0.15) is 52.4 Å². The summed E-state index contributed by atoms with van der Waals surface area (Å²) >= 11 is 3.52. The average molecular weight is 394 g/mol. The minimum Gasteiger partial charge on any atom is -0.312 e. The topological polar surface area (TPSA) is 46.0 Å². The smallest absolute Gasteiger partial charge is 0.160 e. The minimum atomic E-state index is 0.356. The van der Waals surface area contributed by atoms with Gasteiger partial charge in [0, 0.05) is 42.4 Å². The Labute approximate surface area is 153 Å². The zero-order valence-electron chi connectivity index (χ0n) is 15.1. The van der Waals surface area contributed by atoms with Crippen LogP contribution in [0.4, 0.5) is 0 Å². The van der Waals surface area contributed by atoms with Crippen molar-refractivity contribution in [1.29, 1.82) is 0 Å². The van der Waals surface area contributed by atoms with Crippen molar-refractivity contribution >= 4 is 27.1 Å². The van der Waals surface area contributed by atoms with Crippen molar-refractivity contribution in [2.24, 2.45) is 0 Å². The van der Waals surface area contributed by atoms with Crippen molar-refractivity contribution in [3.63, 3.8) is 0 Å². The van der Waals surface area contributed by atoms with E-state index in [1.54, 1.807) is 0 Å². The molecule has 3 unspecified atom stereocenters. The van der Waals surface area contributed by atoms with Crippen LogP contribution in [0.25, 0.3) is 11.2 Å². The third kappa shape index (κ3) is 3.51. The maximum absolute atomic E-state index is 5.00. The maximum atomic E-state index is 5.00. The molecule has 0 aliphatic carbocycles. The third-order valence-corrected chi connectivity index (χ3v) is 5.22. The first-order chi connectivity index (χ1) is 11.5. The summed E-state index contributed by atoms with van der Waals surface area (Å²) in [5.41, 5.74) is 1.98. The minimum absolute atomic E-state index is 0.356. The Morgan fingerprint density at radius 1 is 1.29 bits per heavy atom. The summed E-state index contributed by atoms with van der Waals surface area (Å²) in [6.45, 7) is 12.0. The van der Waals surface area contributed by atoms with Crippen LogP contribution >= 0.6 is 15.9 Å². The normalized spacial score (nSPS) is 23.7. The van der Waals surface area contributed by atoms with E-state index in [1.165, 1.54) is 5.82 Å². The number of hydrogen-bond donors (Lipinski definition) is 1. The zero-order valence-corrected chi connectivity index (χ0v) is 16.7. The van der Waals surface area contributed by atoms with Crippen LogP contribution in [0.5, 0.6) is 0 Å². The van der Waals surface area contributed by atoms with Crippen molar-refractivity contribution in [1.82, 2.24) is 24.8 Å². The van der Waals surface area contributed by atoms with Crippen LogP contribution < -0.4 is 5.32 Å². The number of nitrogens with zero attached hydrogens (tertiary/aromatic N) is 4. The highest BCUT2D eigenvalue weighted by Gasteiger charge is 2.30. The van der Waals surface area contributed by atoms with Crippen molar-refractivity contribution in [3.8, 4) is 0 Å². The van der Waals surface area contributed by atoms with Gasteiger partial charge in [-0.3, -0.25) is 4.90 Å². The molecule has 0 bridgehead atoms. The van der Waals surface area contributed by atoms with Gasteiger partial charge < -0.3 is 9.88 Å². The molecule has 2 aromatic rings. The second-order valence-electron chi connectivity index (χ2n) is 6.94. The van der Waals surface area contributed by atoms with Gasteiger partial charge >= 0.3 is 0 Å². The van der Waals surface area contributed by atoms with E-state index in [2.05, 4.69) is 69.5 Å². The van der Waals surface area contributed by atoms with E-state index >= 15 is 0 Å². The molecule has 3 atom stereocenters. The van der Waals surface area contributed by atoms with Crippen LogP contribution in [0, 0.1) is 0 Å². The van der Waals surface area contributed by atoms with Gasteiger partial charge in [0.1, 0.15) is 11.3 Å². The fourth-order valence-corrected chi connectivity index (χ4v) is 4.26. The molecule has 3 rings (SSSR count). The monoisotopic (exact) mass is 393 g/mol. The number of piperazine rings is 1. The van der Waals surface area contributed by atoms with Crippen molar-refractivity contribution in [2.45, 2.75) is 65.2 Å². The predicted octanol–water partition coefficient (Wildman–Crippen LogP) is 3.74. The maximum Gasteiger partial charge on any atom is 0.160 e. The molecular formula is C18H28BrN5. The number of rotatable bonds is 5. The first kappa shape index (κ1) is 17.8. The fraction of sp³-hybridized carbons (Fsp3) is 0.667. The molecule has 2 aromatic heterocycles. The fourth-order valence-electron chi connectivity index (χ4n) is 3.94. The molecule has 0 aromatic carbocycles. The lowest BCUT2D eigenvalue weighted by Crippen LogP contribution is -2.55. The molecule has 24 heavy (non-hydrogen) atoms. The second kappa shape index (κ2) is 7.50. The Bertz CT molecular complexity index is 688. The summed E-state index contributed by atoms with van der Waals surface area (Å²) in [7, 11) is 0. The van der Waals surface area contributed by atoms with Gasteiger partial charge in [-0.25, -0.2) is 9.97 Å². The first-order valence-electron chi connectivity index (χ1n) is 9.05. The van der Waals surface area contributed by atoms with Gasteiger partial charge in [-0.15, -0.1) is 0 Å². The SMILES string of the molecule is CCCC(c1nc2cc(Br)cnc2n1CC)N1CC(C)NC(C)C1. The molecule has 0 amide bonds. The Morgan fingerprint density at radius 2 is 2.00 bits per heavy atom.